The van der Waals surface area contributed by atoms with E-state index in [1.54, 1.807) is 14.2 Å². The molecule has 0 bridgehead atoms. The molecule has 0 aromatic heterocycles. The second-order valence-electron chi connectivity index (χ2n) is 5.23. The van der Waals surface area contributed by atoms with Crippen molar-refractivity contribution in [3.05, 3.63) is 23.8 Å². The van der Waals surface area contributed by atoms with E-state index in [1.807, 2.05) is 18.2 Å². The first-order valence-corrected chi connectivity index (χ1v) is 6.95. The molecule has 2 rings (SSSR count). The fourth-order valence-electron chi connectivity index (χ4n) is 2.47. The molecule has 0 radical (unpaired) electrons. The normalized spacial score (nSPS) is 18.8. The topological polar surface area (TPSA) is 45.2 Å². The highest BCUT2D eigenvalue weighted by Crippen LogP contribution is 2.29. The SMILES string of the molecule is COc1ccc(OC)c(C(O)CN2CCN(C)CC2)c1. The van der Waals surface area contributed by atoms with Crippen LogP contribution in [-0.4, -0.2) is 68.9 Å². The van der Waals surface area contributed by atoms with Gasteiger partial charge in [-0.15, -0.1) is 0 Å². The molecule has 1 atom stereocenters. The van der Waals surface area contributed by atoms with Crippen molar-refractivity contribution in [3.63, 3.8) is 0 Å². The van der Waals surface area contributed by atoms with E-state index in [4.69, 9.17) is 9.47 Å². The number of nitrogens with zero attached hydrogens (tertiary/aromatic N) is 2. The van der Waals surface area contributed by atoms with Gasteiger partial charge in [-0.1, -0.05) is 0 Å². The first-order chi connectivity index (χ1) is 9.63. The Kier molecular flexibility index (Phi) is 5.23. The van der Waals surface area contributed by atoms with Crippen molar-refractivity contribution in [1.82, 2.24) is 9.80 Å². The molecular formula is C15H24N2O3. The van der Waals surface area contributed by atoms with E-state index < -0.39 is 6.10 Å². The molecule has 1 saturated heterocycles. The van der Waals surface area contributed by atoms with E-state index in [0.29, 0.717) is 12.3 Å². The zero-order chi connectivity index (χ0) is 14.5. The van der Waals surface area contributed by atoms with Crippen molar-refractivity contribution in [2.24, 2.45) is 0 Å². The number of hydrogen-bond acceptors (Lipinski definition) is 5. The highest BCUT2D eigenvalue weighted by atomic mass is 16.5. The number of aliphatic hydroxyl groups excluding tert-OH is 1. The number of β-amino-alcohol motifs (C(OH)–C–C–N with tert-alkyl or cyclic N) is 1. The predicted octanol–water partition coefficient (Wildman–Crippen LogP) is 0.985. The predicted molar refractivity (Wildman–Crippen MR) is 78.4 cm³/mol. The number of piperazine rings is 1. The summed E-state index contributed by atoms with van der Waals surface area (Å²) in [5.41, 5.74) is 0.783. The number of ether oxygens (including phenoxy) is 2. The minimum atomic E-state index is -0.566. The zero-order valence-electron chi connectivity index (χ0n) is 12.5. The molecule has 1 heterocycles. The summed E-state index contributed by atoms with van der Waals surface area (Å²) in [5.74, 6) is 1.44. The molecule has 0 aliphatic carbocycles. The Balaban J connectivity index is 2.05. The van der Waals surface area contributed by atoms with Gasteiger partial charge in [-0.05, 0) is 25.2 Å². The van der Waals surface area contributed by atoms with Crippen molar-refractivity contribution in [1.29, 1.82) is 0 Å². The molecule has 1 aromatic rings. The van der Waals surface area contributed by atoms with Crippen LogP contribution in [0.4, 0.5) is 0 Å². The second kappa shape index (κ2) is 6.92. The Morgan fingerprint density at radius 3 is 2.45 bits per heavy atom. The van der Waals surface area contributed by atoms with E-state index in [9.17, 15) is 5.11 Å². The monoisotopic (exact) mass is 280 g/mol. The first kappa shape index (κ1) is 15.1. The molecule has 1 aliphatic heterocycles. The Morgan fingerprint density at radius 2 is 1.85 bits per heavy atom. The molecule has 112 valence electrons. The van der Waals surface area contributed by atoms with Gasteiger partial charge in [0, 0.05) is 38.3 Å². The van der Waals surface area contributed by atoms with Gasteiger partial charge >= 0.3 is 0 Å². The number of rotatable bonds is 5. The summed E-state index contributed by atoms with van der Waals surface area (Å²) >= 11 is 0. The van der Waals surface area contributed by atoms with Gasteiger partial charge in [-0.2, -0.15) is 0 Å². The van der Waals surface area contributed by atoms with Crippen molar-refractivity contribution in [2.75, 3.05) is 54.0 Å². The van der Waals surface area contributed by atoms with Crippen molar-refractivity contribution < 1.29 is 14.6 Å². The maximum atomic E-state index is 10.5. The van der Waals surface area contributed by atoms with Gasteiger partial charge in [-0.25, -0.2) is 0 Å². The van der Waals surface area contributed by atoms with Crippen LogP contribution in [0, 0.1) is 0 Å². The van der Waals surface area contributed by atoms with Gasteiger partial charge in [0.1, 0.15) is 11.5 Å². The van der Waals surface area contributed by atoms with E-state index in [-0.39, 0.29) is 0 Å². The molecule has 1 aliphatic rings. The van der Waals surface area contributed by atoms with Gasteiger partial charge in [-0.3, -0.25) is 4.90 Å². The number of likely N-dealkylation sites (N-methyl/N-ethyl adjacent to an activating group) is 1. The van der Waals surface area contributed by atoms with Crippen LogP contribution in [0.2, 0.25) is 0 Å². The van der Waals surface area contributed by atoms with Gasteiger partial charge in [0.2, 0.25) is 0 Å². The first-order valence-electron chi connectivity index (χ1n) is 6.95. The van der Waals surface area contributed by atoms with Gasteiger partial charge < -0.3 is 19.5 Å². The van der Waals surface area contributed by atoms with Crippen LogP contribution < -0.4 is 9.47 Å². The van der Waals surface area contributed by atoms with Crippen LogP contribution in [0.15, 0.2) is 18.2 Å². The summed E-state index contributed by atoms with van der Waals surface area (Å²) in [6.07, 6.45) is -0.566. The molecule has 1 fully saturated rings. The lowest BCUT2D eigenvalue weighted by Gasteiger charge is -2.33. The van der Waals surface area contributed by atoms with E-state index in [1.165, 1.54) is 0 Å². The highest BCUT2D eigenvalue weighted by Gasteiger charge is 2.20. The van der Waals surface area contributed by atoms with Gasteiger partial charge in [0.05, 0.1) is 20.3 Å². The molecule has 5 heteroatoms. The Labute approximate surface area is 120 Å². The Hall–Kier alpha value is -1.30. The van der Waals surface area contributed by atoms with Crippen LogP contribution in [-0.2, 0) is 0 Å². The summed E-state index contributed by atoms with van der Waals surface area (Å²) in [6.45, 7) is 4.68. The van der Waals surface area contributed by atoms with Crippen LogP contribution >= 0.6 is 0 Å². The quantitative estimate of drug-likeness (QED) is 0.871. The third-order valence-electron chi connectivity index (χ3n) is 3.82. The van der Waals surface area contributed by atoms with E-state index >= 15 is 0 Å². The number of methoxy groups -OCH3 is 2. The number of hydrogen-bond donors (Lipinski definition) is 1. The Bertz CT molecular complexity index is 431. The third kappa shape index (κ3) is 3.62. The third-order valence-corrected chi connectivity index (χ3v) is 3.82. The maximum absolute atomic E-state index is 10.5. The highest BCUT2D eigenvalue weighted by molar-refractivity contribution is 5.41. The number of aliphatic hydroxyl groups is 1. The summed E-state index contributed by atoms with van der Waals surface area (Å²) in [5, 5.41) is 10.5. The standard InChI is InChI=1S/C15H24N2O3/c1-16-6-8-17(9-7-16)11-14(18)13-10-12(19-2)4-5-15(13)20-3/h4-5,10,14,18H,6-9,11H2,1-3H3. The molecule has 5 nitrogen and oxygen atoms in total. The van der Waals surface area contributed by atoms with Crippen LogP contribution in [0.3, 0.4) is 0 Å². The average Bonchev–Trinajstić information content (AvgIpc) is 2.48. The van der Waals surface area contributed by atoms with E-state index in [0.717, 1.165) is 37.5 Å². The zero-order valence-corrected chi connectivity index (χ0v) is 12.5. The lowest BCUT2D eigenvalue weighted by atomic mass is 10.1. The smallest absolute Gasteiger partial charge is 0.124 e. The molecule has 1 aromatic carbocycles. The molecule has 1 unspecified atom stereocenters. The van der Waals surface area contributed by atoms with Gasteiger partial charge in [0.15, 0.2) is 0 Å². The van der Waals surface area contributed by atoms with E-state index in [2.05, 4.69) is 16.8 Å². The molecular weight excluding hydrogens is 256 g/mol. The van der Waals surface area contributed by atoms with Crippen molar-refractivity contribution in [2.45, 2.75) is 6.10 Å². The minimum absolute atomic E-state index is 0.566. The summed E-state index contributed by atoms with van der Waals surface area (Å²) in [6, 6.07) is 5.52. The molecule has 20 heavy (non-hydrogen) atoms. The minimum Gasteiger partial charge on any atom is -0.497 e. The van der Waals surface area contributed by atoms with Gasteiger partial charge in [0.25, 0.3) is 0 Å². The molecule has 1 N–H and O–H groups in total. The van der Waals surface area contributed by atoms with Crippen LogP contribution in [0.1, 0.15) is 11.7 Å². The van der Waals surface area contributed by atoms with Crippen molar-refractivity contribution in [3.8, 4) is 11.5 Å². The second-order valence-corrected chi connectivity index (χ2v) is 5.23. The largest absolute Gasteiger partial charge is 0.497 e. The fourth-order valence-corrected chi connectivity index (χ4v) is 2.47. The summed E-state index contributed by atoms with van der Waals surface area (Å²) < 4.78 is 10.6. The summed E-state index contributed by atoms with van der Waals surface area (Å²) in [7, 11) is 5.37. The fraction of sp³-hybridized carbons (Fsp3) is 0.600. The maximum Gasteiger partial charge on any atom is 0.124 e. The van der Waals surface area contributed by atoms with Crippen molar-refractivity contribution >= 4 is 0 Å². The number of benzene rings is 1. The molecule has 0 amide bonds. The van der Waals surface area contributed by atoms with Crippen LogP contribution in [0.25, 0.3) is 0 Å². The lowest BCUT2D eigenvalue weighted by molar-refractivity contribution is 0.0790. The molecule has 0 saturated carbocycles. The Morgan fingerprint density at radius 1 is 1.15 bits per heavy atom. The van der Waals surface area contributed by atoms with Crippen LogP contribution in [0.5, 0.6) is 11.5 Å². The summed E-state index contributed by atoms with van der Waals surface area (Å²) in [4.78, 5) is 4.58. The molecule has 0 spiro atoms. The average molecular weight is 280 g/mol. The lowest BCUT2D eigenvalue weighted by Crippen LogP contribution is -2.45.